The lowest BCUT2D eigenvalue weighted by molar-refractivity contribution is -0.163. The minimum absolute atomic E-state index is 0.697. The Morgan fingerprint density at radius 1 is 1.00 bits per heavy atom. The van der Waals surface area contributed by atoms with Gasteiger partial charge in [0.15, 0.2) is 5.92 Å². The number of rotatable bonds is 5. The van der Waals surface area contributed by atoms with Crippen LogP contribution in [0.25, 0.3) is 0 Å². The first kappa shape index (κ1) is 14.4. The molecular weight excluding hydrogens is 216 g/mol. The lowest BCUT2D eigenvalue weighted by Crippen LogP contribution is -2.37. The van der Waals surface area contributed by atoms with E-state index in [-0.39, 0.29) is 0 Å². The number of aliphatic carboxylic acids is 1. The van der Waals surface area contributed by atoms with Crippen molar-refractivity contribution in [3.8, 4) is 0 Å². The van der Waals surface area contributed by atoms with Gasteiger partial charge in [0, 0.05) is 0 Å². The summed E-state index contributed by atoms with van der Waals surface area (Å²) in [6.07, 6.45) is 0. The molecule has 2 atom stereocenters. The van der Waals surface area contributed by atoms with Gasteiger partial charge in [-0.05, 0) is 5.92 Å². The fourth-order valence-electron chi connectivity index (χ4n) is 1.29. The third-order valence-corrected chi connectivity index (χ3v) is 2.61. The molecule has 0 aromatic carbocycles. The number of carbonyl (C=O) groups is 3. The number of hydrogen-bond acceptors (Lipinski definition) is 5. The maximum absolute atomic E-state index is 11.4. The molecule has 0 aliphatic heterocycles. The van der Waals surface area contributed by atoms with Crippen LogP contribution in [0.15, 0.2) is 0 Å². The molecule has 92 valence electrons. The number of methoxy groups -OCH3 is 2. The second-order valence-electron chi connectivity index (χ2n) is 3.51. The van der Waals surface area contributed by atoms with E-state index in [0.29, 0.717) is 0 Å². The van der Waals surface area contributed by atoms with Gasteiger partial charge in [0.25, 0.3) is 0 Å². The minimum Gasteiger partial charge on any atom is -0.481 e. The van der Waals surface area contributed by atoms with Crippen molar-refractivity contribution in [2.24, 2.45) is 17.8 Å². The Kier molecular flexibility index (Phi) is 5.49. The van der Waals surface area contributed by atoms with Gasteiger partial charge in [-0.15, -0.1) is 0 Å². The molecule has 0 aromatic rings. The molecule has 6 nitrogen and oxygen atoms in total. The number of carboxylic acid groups (broad SMARTS) is 1. The molecule has 0 saturated carbocycles. The lowest BCUT2D eigenvalue weighted by atomic mass is 9.84. The van der Waals surface area contributed by atoms with Crippen molar-refractivity contribution >= 4 is 17.9 Å². The highest BCUT2D eigenvalue weighted by atomic mass is 16.5. The van der Waals surface area contributed by atoms with E-state index in [1.54, 1.807) is 0 Å². The van der Waals surface area contributed by atoms with Crippen molar-refractivity contribution in [3.05, 3.63) is 0 Å². The summed E-state index contributed by atoms with van der Waals surface area (Å²) in [6, 6.07) is 0. The predicted octanol–water partition coefficient (Wildman–Crippen LogP) is 0.305. The van der Waals surface area contributed by atoms with E-state index in [0.717, 1.165) is 14.2 Å². The van der Waals surface area contributed by atoms with Crippen LogP contribution in [0.1, 0.15) is 13.8 Å². The Balaban J connectivity index is 4.96. The zero-order valence-electron chi connectivity index (χ0n) is 9.72. The standard InChI is InChI=1S/C10H16O6/c1-5(6(2)8(11)12)7(9(13)15-3)10(14)16-4/h5-7H,1-4H3,(H,11,12)/t5-,6+/m0/s1. The van der Waals surface area contributed by atoms with E-state index in [2.05, 4.69) is 9.47 Å². The average molecular weight is 232 g/mol. The third-order valence-electron chi connectivity index (χ3n) is 2.61. The number of hydrogen-bond donors (Lipinski definition) is 1. The van der Waals surface area contributed by atoms with E-state index < -0.39 is 35.7 Å². The highest BCUT2D eigenvalue weighted by Crippen LogP contribution is 2.23. The van der Waals surface area contributed by atoms with Crippen LogP contribution >= 0.6 is 0 Å². The molecule has 0 spiro atoms. The zero-order chi connectivity index (χ0) is 12.9. The highest BCUT2D eigenvalue weighted by Gasteiger charge is 2.39. The molecular formula is C10H16O6. The molecule has 0 rings (SSSR count). The Morgan fingerprint density at radius 3 is 1.62 bits per heavy atom. The maximum Gasteiger partial charge on any atom is 0.320 e. The maximum atomic E-state index is 11.4. The van der Waals surface area contributed by atoms with Crippen molar-refractivity contribution in [2.45, 2.75) is 13.8 Å². The highest BCUT2D eigenvalue weighted by molar-refractivity contribution is 5.95. The molecule has 0 bridgehead atoms. The molecule has 0 fully saturated rings. The van der Waals surface area contributed by atoms with Gasteiger partial charge in [0.05, 0.1) is 20.1 Å². The molecule has 0 saturated heterocycles. The van der Waals surface area contributed by atoms with Crippen LogP contribution in [0.3, 0.4) is 0 Å². The second kappa shape index (κ2) is 6.09. The number of ether oxygens (including phenoxy) is 2. The molecule has 0 aliphatic rings. The van der Waals surface area contributed by atoms with Crippen LogP contribution in [-0.4, -0.2) is 37.2 Å². The fraction of sp³-hybridized carbons (Fsp3) is 0.700. The molecule has 0 amide bonds. The second-order valence-corrected chi connectivity index (χ2v) is 3.51. The summed E-state index contributed by atoms with van der Waals surface area (Å²) < 4.78 is 8.91. The largest absolute Gasteiger partial charge is 0.481 e. The topological polar surface area (TPSA) is 89.9 Å². The summed E-state index contributed by atoms with van der Waals surface area (Å²) in [7, 11) is 2.27. The summed E-state index contributed by atoms with van der Waals surface area (Å²) in [5.41, 5.74) is 0. The Labute approximate surface area is 93.5 Å². The van der Waals surface area contributed by atoms with Crippen LogP contribution in [0, 0.1) is 17.8 Å². The first-order valence-electron chi connectivity index (χ1n) is 4.75. The third kappa shape index (κ3) is 3.22. The van der Waals surface area contributed by atoms with Crippen LogP contribution in [0.5, 0.6) is 0 Å². The van der Waals surface area contributed by atoms with Gasteiger partial charge >= 0.3 is 17.9 Å². The first-order chi connectivity index (χ1) is 7.36. The van der Waals surface area contributed by atoms with Gasteiger partial charge in [-0.1, -0.05) is 13.8 Å². The summed E-state index contributed by atoms with van der Waals surface area (Å²) in [5, 5.41) is 8.81. The Hall–Kier alpha value is -1.59. The molecule has 0 radical (unpaired) electrons. The number of esters is 2. The molecule has 16 heavy (non-hydrogen) atoms. The van der Waals surface area contributed by atoms with Gasteiger partial charge in [-0.3, -0.25) is 14.4 Å². The van der Waals surface area contributed by atoms with Gasteiger partial charge in [-0.2, -0.15) is 0 Å². The molecule has 0 aliphatic carbocycles. The van der Waals surface area contributed by atoms with Crippen LogP contribution in [-0.2, 0) is 23.9 Å². The number of carbonyl (C=O) groups excluding carboxylic acids is 2. The minimum atomic E-state index is -1.21. The zero-order valence-corrected chi connectivity index (χ0v) is 9.72. The van der Waals surface area contributed by atoms with Gasteiger partial charge in [0.1, 0.15) is 0 Å². The number of carboxylic acids is 1. The van der Waals surface area contributed by atoms with Crippen molar-refractivity contribution < 1.29 is 29.0 Å². The monoisotopic (exact) mass is 232 g/mol. The van der Waals surface area contributed by atoms with Crippen molar-refractivity contribution in [1.82, 2.24) is 0 Å². The van der Waals surface area contributed by atoms with E-state index in [1.807, 2.05) is 0 Å². The summed E-state index contributed by atoms with van der Waals surface area (Å²) in [5.74, 6) is -5.40. The van der Waals surface area contributed by atoms with Gasteiger partial charge in [0.2, 0.25) is 0 Å². The van der Waals surface area contributed by atoms with Crippen LogP contribution in [0.4, 0.5) is 0 Å². The lowest BCUT2D eigenvalue weighted by Gasteiger charge is -2.22. The van der Waals surface area contributed by atoms with Gasteiger partial charge < -0.3 is 14.6 Å². The van der Waals surface area contributed by atoms with Crippen LogP contribution < -0.4 is 0 Å². The van der Waals surface area contributed by atoms with Crippen molar-refractivity contribution in [2.75, 3.05) is 14.2 Å². The summed E-state index contributed by atoms with van der Waals surface area (Å²) in [4.78, 5) is 33.5. The molecule has 6 heteroatoms. The molecule has 0 unspecified atom stereocenters. The van der Waals surface area contributed by atoms with E-state index in [9.17, 15) is 14.4 Å². The summed E-state index contributed by atoms with van der Waals surface area (Å²) in [6.45, 7) is 2.92. The predicted molar refractivity (Wildman–Crippen MR) is 53.5 cm³/mol. The average Bonchev–Trinajstić information content (AvgIpc) is 2.27. The molecule has 0 aromatic heterocycles. The smallest absolute Gasteiger partial charge is 0.320 e. The van der Waals surface area contributed by atoms with E-state index in [4.69, 9.17) is 5.11 Å². The quantitative estimate of drug-likeness (QED) is 0.541. The molecule has 1 N–H and O–H groups in total. The normalized spacial score (nSPS) is 14.1. The SMILES string of the molecule is COC(=O)C(C(=O)OC)[C@@H](C)[C@@H](C)C(=O)O. The van der Waals surface area contributed by atoms with Crippen molar-refractivity contribution in [3.63, 3.8) is 0 Å². The van der Waals surface area contributed by atoms with E-state index in [1.165, 1.54) is 13.8 Å². The fourth-order valence-corrected chi connectivity index (χ4v) is 1.29. The first-order valence-corrected chi connectivity index (χ1v) is 4.75. The summed E-state index contributed by atoms with van der Waals surface area (Å²) >= 11 is 0. The Morgan fingerprint density at radius 2 is 1.38 bits per heavy atom. The van der Waals surface area contributed by atoms with Gasteiger partial charge in [-0.25, -0.2) is 0 Å². The Bertz CT molecular complexity index is 269. The van der Waals surface area contributed by atoms with Crippen LogP contribution in [0.2, 0.25) is 0 Å². The molecule has 0 heterocycles. The van der Waals surface area contributed by atoms with E-state index >= 15 is 0 Å². The van der Waals surface area contributed by atoms with Crippen molar-refractivity contribution in [1.29, 1.82) is 0 Å².